The minimum Gasteiger partial charge on any atom is -0.391 e. The van der Waals surface area contributed by atoms with E-state index in [4.69, 9.17) is 20.9 Å². The predicted octanol–water partition coefficient (Wildman–Crippen LogP) is -3.41. The molecule has 0 spiro atoms. The Hall–Kier alpha value is -0.400. The van der Waals surface area contributed by atoms with Crippen LogP contribution in [-0.2, 0) is 9.47 Å². The highest BCUT2D eigenvalue weighted by atomic mass is 16.7. The van der Waals surface area contributed by atoms with Gasteiger partial charge in [-0.3, -0.25) is 0 Å². The van der Waals surface area contributed by atoms with Crippen LogP contribution in [0, 0.1) is 5.92 Å². The Balaban J connectivity index is 2.05. The van der Waals surface area contributed by atoms with Gasteiger partial charge in [0.25, 0.3) is 0 Å². The molecule has 0 aromatic carbocycles. The molecular formula is C17H35N3O7. The van der Waals surface area contributed by atoms with Crippen molar-refractivity contribution in [3.8, 4) is 0 Å². The molecule has 1 saturated carbocycles. The fourth-order valence-corrected chi connectivity index (χ4v) is 3.61. The van der Waals surface area contributed by atoms with Crippen molar-refractivity contribution in [3.05, 3.63) is 0 Å². The second-order valence-corrected chi connectivity index (χ2v) is 8.16. The molecule has 2 fully saturated rings. The van der Waals surface area contributed by atoms with E-state index in [1.807, 2.05) is 13.8 Å². The summed E-state index contributed by atoms with van der Waals surface area (Å²) in [5, 5.41) is 54.0. The molecule has 0 aromatic heterocycles. The lowest BCUT2D eigenvalue weighted by Crippen LogP contribution is -2.68. The molecule has 10 nitrogen and oxygen atoms in total. The maximum Gasteiger partial charge on any atom is 0.176 e. The lowest BCUT2D eigenvalue weighted by molar-refractivity contribution is -0.301. The van der Waals surface area contributed by atoms with E-state index in [2.05, 4.69) is 5.32 Å². The summed E-state index contributed by atoms with van der Waals surface area (Å²) in [7, 11) is 0. The zero-order chi connectivity index (χ0) is 20.5. The Morgan fingerprint density at radius 3 is 2.22 bits per heavy atom. The quantitative estimate of drug-likeness (QED) is 0.226. The average Bonchev–Trinajstić information content (AvgIpc) is 2.59. The summed E-state index contributed by atoms with van der Waals surface area (Å²) in [4.78, 5) is 0. The van der Waals surface area contributed by atoms with E-state index >= 15 is 0 Å². The number of nitrogens with one attached hydrogen (secondary N) is 1. The van der Waals surface area contributed by atoms with Crippen molar-refractivity contribution in [3.63, 3.8) is 0 Å². The first kappa shape index (κ1) is 22.9. The Morgan fingerprint density at radius 1 is 1.04 bits per heavy atom. The third-order valence-corrected chi connectivity index (χ3v) is 5.29. The standard InChI is InChI=1S/C17H35N3O7/c1-6(2)5-20-9-4-8(18)16(13(24)11(9)22)27-17-10(19)12(23)14(25)15(26-17)7(3)21/h6-17,20-25H,4-5,18-19H2,1-3H3/t7?,8?,9?,10?,11-,12?,13-,14+,15?,16-,17-/m1/s1. The summed E-state index contributed by atoms with van der Waals surface area (Å²) >= 11 is 0. The molecule has 6 unspecified atom stereocenters. The molecule has 2 rings (SSSR count). The lowest BCUT2D eigenvalue weighted by atomic mass is 9.83. The normalized spacial score (nSPS) is 47.2. The molecule has 11 atom stereocenters. The number of hydrogen-bond donors (Lipinski definition) is 8. The second kappa shape index (κ2) is 9.40. The highest BCUT2D eigenvalue weighted by molar-refractivity contribution is 5.00. The van der Waals surface area contributed by atoms with Gasteiger partial charge < -0.3 is 51.8 Å². The Kier molecular flexibility index (Phi) is 7.97. The molecule has 1 aliphatic heterocycles. The third kappa shape index (κ3) is 5.15. The van der Waals surface area contributed by atoms with E-state index in [1.165, 1.54) is 6.92 Å². The van der Waals surface area contributed by atoms with Crippen LogP contribution in [0.2, 0.25) is 0 Å². The Morgan fingerprint density at radius 2 is 1.67 bits per heavy atom. The van der Waals surface area contributed by atoms with Crippen molar-refractivity contribution in [1.29, 1.82) is 0 Å². The van der Waals surface area contributed by atoms with Crippen LogP contribution in [0.25, 0.3) is 0 Å². The van der Waals surface area contributed by atoms with Crippen LogP contribution in [0.4, 0.5) is 0 Å². The highest BCUT2D eigenvalue weighted by Gasteiger charge is 2.49. The molecule has 0 amide bonds. The first-order valence-electron chi connectivity index (χ1n) is 9.50. The summed E-state index contributed by atoms with van der Waals surface area (Å²) in [5.74, 6) is 0.374. The van der Waals surface area contributed by atoms with Crippen LogP contribution < -0.4 is 16.8 Å². The first-order chi connectivity index (χ1) is 12.5. The fraction of sp³-hybridized carbons (Fsp3) is 1.00. The maximum absolute atomic E-state index is 10.5. The smallest absolute Gasteiger partial charge is 0.176 e. The molecule has 1 heterocycles. The van der Waals surface area contributed by atoms with Gasteiger partial charge >= 0.3 is 0 Å². The molecule has 10 heteroatoms. The summed E-state index contributed by atoms with van der Waals surface area (Å²) in [6.07, 6.45) is -9.15. The zero-order valence-electron chi connectivity index (χ0n) is 16.0. The first-order valence-corrected chi connectivity index (χ1v) is 9.50. The molecule has 160 valence electrons. The van der Waals surface area contributed by atoms with Crippen LogP contribution in [-0.4, -0.2) is 99.2 Å². The van der Waals surface area contributed by atoms with Crippen molar-refractivity contribution in [2.75, 3.05) is 6.54 Å². The summed E-state index contributed by atoms with van der Waals surface area (Å²) in [6.45, 7) is 6.14. The second-order valence-electron chi connectivity index (χ2n) is 8.16. The van der Waals surface area contributed by atoms with Crippen LogP contribution >= 0.6 is 0 Å². The van der Waals surface area contributed by atoms with Gasteiger partial charge in [-0.15, -0.1) is 0 Å². The molecule has 2 aliphatic rings. The monoisotopic (exact) mass is 393 g/mol. The van der Waals surface area contributed by atoms with Crippen molar-refractivity contribution >= 4 is 0 Å². The average molecular weight is 393 g/mol. The van der Waals surface area contributed by atoms with Gasteiger partial charge in [-0.25, -0.2) is 0 Å². The van der Waals surface area contributed by atoms with Gasteiger partial charge in [0.1, 0.15) is 30.5 Å². The van der Waals surface area contributed by atoms with Crippen molar-refractivity contribution in [2.24, 2.45) is 17.4 Å². The lowest BCUT2D eigenvalue weighted by Gasteiger charge is -2.47. The van der Waals surface area contributed by atoms with Crippen molar-refractivity contribution < 1.29 is 35.0 Å². The van der Waals surface area contributed by atoms with Gasteiger partial charge in [0.2, 0.25) is 0 Å². The van der Waals surface area contributed by atoms with E-state index in [0.717, 1.165) is 0 Å². The van der Waals surface area contributed by atoms with Gasteiger partial charge in [0.05, 0.1) is 18.2 Å². The van der Waals surface area contributed by atoms with Gasteiger partial charge in [0.15, 0.2) is 6.29 Å². The van der Waals surface area contributed by atoms with Gasteiger partial charge in [-0.05, 0) is 25.8 Å². The predicted molar refractivity (Wildman–Crippen MR) is 96.4 cm³/mol. The zero-order valence-corrected chi connectivity index (χ0v) is 16.0. The van der Waals surface area contributed by atoms with E-state index < -0.39 is 61.1 Å². The summed E-state index contributed by atoms with van der Waals surface area (Å²) < 4.78 is 11.2. The highest BCUT2D eigenvalue weighted by Crippen LogP contribution is 2.28. The van der Waals surface area contributed by atoms with E-state index in [-0.39, 0.29) is 6.04 Å². The molecule has 10 N–H and O–H groups in total. The number of aliphatic hydroxyl groups is 5. The molecule has 27 heavy (non-hydrogen) atoms. The van der Waals surface area contributed by atoms with Crippen LogP contribution in [0.1, 0.15) is 27.2 Å². The van der Waals surface area contributed by atoms with Crippen LogP contribution in [0.3, 0.4) is 0 Å². The van der Waals surface area contributed by atoms with Crippen LogP contribution in [0.5, 0.6) is 0 Å². The fourth-order valence-electron chi connectivity index (χ4n) is 3.61. The van der Waals surface area contributed by atoms with Gasteiger partial charge in [-0.1, -0.05) is 13.8 Å². The van der Waals surface area contributed by atoms with Crippen molar-refractivity contribution in [2.45, 2.75) is 94.3 Å². The molecule has 0 radical (unpaired) electrons. The van der Waals surface area contributed by atoms with Crippen LogP contribution in [0.15, 0.2) is 0 Å². The van der Waals surface area contributed by atoms with E-state index in [9.17, 15) is 25.5 Å². The van der Waals surface area contributed by atoms with Gasteiger partial charge in [-0.2, -0.15) is 0 Å². The van der Waals surface area contributed by atoms with E-state index in [0.29, 0.717) is 18.9 Å². The maximum atomic E-state index is 10.5. The number of nitrogens with two attached hydrogens (primary N) is 2. The molecular weight excluding hydrogens is 358 g/mol. The number of rotatable bonds is 6. The Bertz CT molecular complexity index is 470. The third-order valence-electron chi connectivity index (χ3n) is 5.29. The molecule has 0 aromatic rings. The van der Waals surface area contributed by atoms with Gasteiger partial charge in [0, 0.05) is 12.1 Å². The molecule has 1 saturated heterocycles. The molecule has 1 aliphatic carbocycles. The van der Waals surface area contributed by atoms with Crippen molar-refractivity contribution in [1.82, 2.24) is 5.32 Å². The minimum absolute atomic E-state index is 0.364. The summed E-state index contributed by atoms with van der Waals surface area (Å²) in [5.41, 5.74) is 12.0. The SMILES string of the molecule is CC(C)CNC1CC(N)[C@@H](O[C@H]2OC(C(C)O)[C@@H](O)C(O)C2N)[C@H](O)[C@@H]1O. The largest absolute Gasteiger partial charge is 0.391 e. The number of aliphatic hydroxyl groups excluding tert-OH is 5. The van der Waals surface area contributed by atoms with E-state index in [1.54, 1.807) is 0 Å². The minimum atomic E-state index is -1.38. The molecule has 0 bridgehead atoms. The topological polar surface area (TPSA) is 184 Å². The number of ether oxygens (including phenoxy) is 2. The Labute approximate surface area is 159 Å². The summed E-state index contributed by atoms with van der Waals surface area (Å²) in [6, 6.07) is -2.10. The number of hydrogen-bond acceptors (Lipinski definition) is 10.